The first-order valence-corrected chi connectivity index (χ1v) is 11.3. The van der Waals surface area contributed by atoms with E-state index in [0.29, 0.717) is 5.13 Å². The maximum Gasteiger partial charge on any atom is 0.232 e. The van der Waals surface area contributed by atoms with Gasteiger partial charge in [-0.3, -0.25) is 4.79 Å². The molecule has 0 saturated carbocycles. The van der Waals surface area contributed by atoms with Crippen molar-refractivity contribution in [2.24, 2.45) is 5.41 Å². The van der Waals surface area contributed by atoms with Gasteiger partial charge in [0.15, 0.2) is 5.13 Å². The number of hydrogen-bond donors (Lipinski definition) is 1. The molecule has 1 aromatic heterocycles. The van der Waals surface area contributed by atoms with Crippen molar-refractivity contribution in [3.05, 3.63) is 107 Å². The second-order valence-electron chi connectivity index (χ2n) is 8.33. The van der Waals surface area contributed by atoms with Crippen molar-refractivity contribution in [1.29, 1.82) is 0 Å². The third kappa shape index (κ3) is 4.59. The van der Waals surface area contributed by atoms with E-state index in [1.807, 2.05) is 55.6 Å². The van der Waals surface area contributed by atoms with E-state index in [0.717, 1.165) is 22.4 Å². The van der Waals surface area contributed by atoms with Crippen LogP contribution in [0.2, 0.25) is 0 Å². The zero-order chi connectivity index (χ0) is 21.8. The zero-order valence-corrected chi connectivity index (χ0v) is 18.8. The first-order chi connectivity index (χ1) is 14.9. The van der Waals surface area contributed by atoms with Crippen molar-refractivity contribution in [2.45, 2.75) is 26.7 Å². The van der Waals surface area contributed by atoms with E-state index < -0.39 is 5.41 Å². The molecule has 4 heteroatoms. The van der Waals surface area contributed by atoms with Crippen molar-refractivity contribution in [2.75, 3.05) is 5.32 Å². The van der Waals surface area contributed by atoms with Gasteiger partial charge >= 0.3 is 0 Å². The van der Waals surface area contributed by atoms with Gasteiger partial charge in [-0.2, -0.15) is 0 Å². The molecule has 3 aromatic carbocycles. The second kappa shape index (κ2) is 8.86. The van der Waals surface area contributed by atoms with Crippen LogP contribution in [0, 0.1) is 12.3 Å². The predicted molar refractivity (Wildman–Crippen MR) is 129 cm³/mol. The molecule has 1 amide bonds. The summed E-state index contributed by atoms with van der Waals surface area (Å²) in [5.41, 5.74) is 4.69. The summed E-state index contributed by atoms with van der Waals surface area (Å²) in [6, 6.07) is 28.7. The van der Waals surface area contributed by atoms with Crippen LogP contribution in [0.3, 0.4) is 0 Å². The molecule has 0 saturated heterocycles. The summed E-state index contributed by atoms with van der Waals surface area (Å²) < 4.78 is 0. The standard InChI is InChI=1S/C27H26N2OS/c1-19-14-16-20(17-15-19)23-18-31-26(28-23)29-25(30)27(2,3)24(21-10-6-4-7-11-21)22-12-8-5-9-13-22/h4-18,24H,1-3H3,(H,28,29,30). The van der Waals surface area contributed by atoms with Gasteiger partial charge in [-0.25, -0.2) is 4.98 Å². The monoisotopic (exact) mass is 426 g/mol. The van der Waals surface area contributed by atoms with Crippen LogP contribution >= 0.6 is 11.3 Å². The van der Waals surface area contributed by atoms with E-state index >= 15 is 0 Å². The number of carbonyl (C=O) groups excluding carboxylic acids is 1. The molecule has 0 aliphatic heterocycles. The normalized spacial score (nSPS) is 11.5. The van der Waals surface area contributed by atoms with Gasteiger partial charge in [-0.1, -0.05) is 104 Å². The first kappa shape index (κ1) is 21.0. The highest BCUT2D eigenvalue weighted by atomic mass is 32.1. The average molecular weight is 427 g/mol. The van der Waals surface area contributed by atoms with E-state index in [-0.39, 0.29) is 11.8 Å². The Morgan fingerprint density at radius 1 is 0.871 bits per heavy atom. The minimum atomic E-state index is -0.682. The van der Waals surface area contributed by atoms with Crippen LogP contribution in [0.5, 0.6) is 0 Å². The smallest absolute Gasteiger partial charge is 0.232 e. The first-order valence-electron chi connectivity index (χ1n) is 10.4. The Hall–Kier alpha value is -3.24. The van der Waals surface area contributed by atoms with E-state index in [2.05, 4.69) is 65.8 Å². The van der Waals surface area contributed by atoms with Crippen LogP contribution in [-0.4, -0.2) is 10.9 Å². The Labute approximate surface area is 187 Å². The molecule has 1 N–H and O–H groups in total. The summed E-state index contributed by atoms with van der Waals surface area (Å²) in [6.45, 7) is 6.07. The number of carbonyl (C=O) groups is 1. The maximum atomic E-state index is 13.5. The van der Waals surface area contributed by atoms with E-state index in [1.54, 1.807) is 0 Å². The van der Waals surface area contributed by atoms with Gasteiger partial charge in [0.25, 0.3) is 0 Å². The second-order valence-corrected chi connectivity index (χ2v) is 9.19. The van der Waals surface area contributed by atoms with Gasteiger partial charge in [0.1, 0.15) is 0 Å². The van der Waals surface area contributed by atoms with Crippen molar-refractivity contribution in [1.82, 2.24) is 4.98 Å². The number of aryl methyl sites for hydroxylation is 1. The number of nitrogens with one attached hydrogen (secondary N) is 1. The SMILES string of the molecule is Cc1ccc(-c2csc(NC(=O)C(C)(C)C(c3ccccc3)c3ccccc3)n2)cc1. The van der Waals surface area contributed by atoms with E-state index in [1.165, 1.54) is 16.9 Å². The lowest BCUT2D eigenvalue weighted by atomic mass is 9.70. The maximum absolute atomic E-state index is 13.5. The number of rotatable bonds is 6. The average Bonchev–Trinajstić information content (AvgIpc) is 3.24. The zero-order valence-electron chi connectivity index (χ0n) is 18.0. The molecule has 31 heavy (non-hydrogen) atoms. The number of aromatic nitrogens is 1. The number of anilines is 1. The summed E-state index contributed by atoms with van der Waals surface area (Å²) in [4.78, 5) is 18.1. The van der Waals surface area contributed by atoms with Gasteiger partial charge in [0.2, 0.25) is 5.91 Å². The minimum absolute atomic E-state index is 0.0463. The number of benzene rings is 3. The van der Waals surface area contributed by atoms with E-state index in [9.17, 15) is 4.79 Å². The summed E-state index contributed by atoms with van der Waals surface area (Å²) in [5, 5.41) is 5.68. The van der Waals surface area contributed by atoms with Crippen molar-refractivity contribution in [3.8, 4) is 11.3 Å². The molecule has 1 heterocycles. The lowest BCUT2D eigenvalue weighted by Gasteiger charge is -2.33. The molecule has 0 fully saturated rings. The van der Waals surface area contributed by atoms with Crippen LogP contribution in [0.25, 0.3) is 11.3 Å². The van der Waals surface area contributed by atoms with Gasteiger partial charge in [-0.05, 0) is 18.1 Å². The number of hydrogen-bond acceptors (Lipinski definition) is 3. The molecule has 156 valence electrons. The molecular formula is C27H26N2OS. The summed E-state index contributed by atoms with van der Waals surface area (Å²) in [7, 11) is 0. The Morgan fingerprint density at radius 3 is 1.97 bits per heavy atom. The van der Waals surface area contributed by atoms with Crippen LogP contribution in [0.15, 0.2) is 90.3 Å². The third-order valence-electron chi connectivity index (χ3n) is 5.64. The van der Waals surface area contributed by atoms with Crippen molar-refractivity contribution >= 4 is 22.4 Å². The van der Waals surface area contributed by atoms with Crippen LogP contribution in [-0.2, 0) is 4.79 Å². The molecule has 0 unspecified atom stereocenters. The Morgan fingerprint density at radius 2 is 1.42 bits per heavy atom. The summed E-state index contributed by atoms with van der Waals surface area (Å²) in [6.07, 6.45) is 0. The number of thiazole rings is 1. The fourth-order valence-corrected chi connectivity index (χ4v) is 4.61. The number of nitrogens with zero attached hydrogens (tertiary/aromatic N) is 1. The molecular weight excluding hydrogens is 400 g/mol. The highest BCUT2D eigenvalue weighted by molar-refractivity contribution is 7.14. The lowest BCUT2D eigenvalue weighted by Crippen LogP contribution is -2.37. The molecule has 0 atom stereocenters. The molecule has 0 radical (unpaired) electrons. The molecule has 0 aliphatic carbocycles. The van der Waals surface area contributed by atoms with Crippen molar-refractivity contribution < 1.29 is 4.79 Å². The van der Waals surface area contributed by atoms with Gasteiger partial charge in [0, 0.05) is 16.9 Å². The molecule has 4 rings (SSSR count). The quantitative estimate of drug-likeness (QED) is 0.364. The highest BCUT2D eigenvalue weighted by Crippen LogP contribution is 2.42. The van der Waals surface area contributed by atoms with Crippen LogP contribution in [0.4, 0.5) is 5.13 Å². The Kier molecular flexibility index (Phi) is 6.01. The summed E-state index contributed by atoms with van der Waals surface area (Å²) in [5.74, 6) is -0.124. The molecule has 0 bridgehead atoms. The van der Waals surface area contributed by atoms with Gasteiger partial charge < -0.3 is 5.32 Å². The number of amides is 1. The minimum Gasteiger partial charge on any atom is -0.301 e. The Balaban J connectivity index is 1.61. The molecule has 0 spiro atoms. The van der Waals surface area contributed by atoms with Crippen LogP contribution < -0.4 is 5.32 Å². The predicted octanol–water partition coefficient (Wildman–Crippen LogP) is 6.92. The lowest BCUT2D eigenvalue weighted by molar-refractivity contribution is -0.124. The summed E-state index contributed by atoms with van der Waals surface area (Å²) >= 11 is 1.45. The highest BCUT2D eigenvalue weighted by Gasteiger charge is 2.39. The molecule has 4 aromatic rings. The molecule has 3 nitrogen and oxygen atoms in total. The Bertz CT molecular complexity index is 1110. The fourth-order valence-electron chi connectivity index (χ4n) is 3.89. The van der Waals surface area contributed by atoms with Gasteiger partial charge in [0.05, 0.1) is 11.1 Å². The largest absolute Gasteiger partial charge is 0.301 e. The third-order valence-corrected chi connectivity index (χ3v) is 6.40. The van der Waals surface area contributed by atoms with Crippen LogP contribution in [0.1, 0.15) is 36.5 Å². The topological polar surface area (TPSA) is 42.0 Å². The molecule has 0 aliphatic rings. The van der Waals surface area contributed by atoms with Crippen molar-refractivity contribution in [3.63, 3.8) is 0 Å². The van der Waals surface area contributed by atoms with Gasteiger partial charge in [-0.15, -0.1) is 11.3 Å². The fraction of sp³-hybridized carbons (Fsp3) is 0.185. The van der Waals surface area contributed by atoms with E-state index in [4.69, 9.17) is 0 Å².